The van der Waals surface area contributed by atoms with Crippen LogP contribution >= 0.6 is 0 Å². The van der Waals surface area contributed by atoms with E-state index in [0.717, 1.165) is 30.4 Å². The smallest absolute Gasteiger partial charge is 0.310 e. The maximum absolute atomic E-state index is 10.9. The second-order valence-electron chi connectivity index (χ2n) is 4.84. The summed E-state index contributed by atoms with van der Waals surface area (Å²) in [6.07, 6.45) is 3.00. The van der Waals surface area contributed by atoms with Crippen LogP contribution in [0.5, 0.6) is 0 Å². The SMILES string of the molecule is CC(C(=O)O)c1cccc(CC2(N)CC2)c1. The van der Waals surface area contributed by atoms with Gasteiger partial charge in [0.2, 0.25) is 0 Å². The largest absolute Gasteiger partial charge is 0.481 e. The highest BCUT2D eigenvalue weighted by atomic mass is 16.4. The average molecular weight is 219 g/mol. The third-order valence-electron chi connectivity index (χ3n) is 3.27. The molecule has 86 valence electrons. The number of benzene rings is 1. The molecular weight excluding hydrogens is 202 g/mol. The van der Waals surface area contributed by atoms with Crippen LogP contribution in [0.3, 0.4) is 0 Å². The van der Waals surface area contributed by atoms with Crippen molar-refractivity contribution >= 4 is 5.97 Å². The number of nitrogens with two attached hydrogens (primary N) is 1. The Morgan fingerprint density at radius 2 is 2.25 bits per heavy atom. The molecule has 1 aliphatic rings. The fourth-order valence-corrected chi connectivity index (χ4v) is 1.86. The monoisotopic (exact) mass is 219 g/mol. The molecule has 0 aliphatic heterocycles. The fraction of sp³-hybridized carbons (Fsp3) is 0.462. The van der Waals surface area contributed by atoms with Crippen molar-refractivity contribution in [3.63, 3.8) is 0 Å². The van der Waals surface area contributed by atoms with Crippen molar-refractivity contribution in [2.24, 2.45) is 5.73 Å². The lowest BCUT2D eigenvalue weighted by atomic mass is 9.96. The Labute approximate surface area is 95.3 Å². The maximum atomic E-state index is 10.9. The van der Waals surface area contributed by atoms with E-state index >= 15 is 0 Å². The molecule has 0 amide bonds. The van der Waals surface area contributed by atoms with Crippen LogP contribution in [0.15, 0.2) is 24.3 Å². The molecule has 0 radical (unpaired) electrons. The van der Waals surface area contributed by atoms with Crippen LogP contribution in [0.1, 0.15) is 36.8 Å². The number of hydrogen-bond acceptors (Lipinski definition) is 2. The summed E-state index contributed by atoms with van der Waals surface area (Å²) < 4.78 is 0. The van der Waals surface area contributed by atoms with Gasteiger partial charge in [0, 0.05) is 5.54 Å². The van der Waals surface area contributed by atoms with Crippen molar-refractivity contribution in [1.82, 2.24) is 0 Å². The number of aliphatic carboxylic acids is 1. The molecule has 1 unspecified atom stereocenters. The number of hydrogen-bond donors (Lipinski definition) is 2. The van der Waals surface area contributed by atoms with Crippen LogP contribution in [-0.4, -0.2) is 16.6 Å². The molecule has 1 atom stereocenters. The third-order valence-corrected chi connectivity index (χ3v) is 3.27. The Hall–Kier alpha value is -1.35. The molecule has 0 saturated heterocycles. The lowest BCUT2D eigenvalue weighted by Crippen LogP contribution is -2.24. The minimum atomic E-state index is -0.786. The molecule has 2 rings (SSSR count). The number of carbonyl (C=O) groups is 1. The normalized spacial score (nSPS) is 19.1. The summed E-state index contributed by atoms with van der Waals surface area (Å²) in [7, 11) is 0. The molecule has 1 aliphatic carbocycles. The van der Waals surface area contributed by atoms with E-state index in [0.29, 0.717) is 0 Å². The Morgan fingerprint density at radius 1 is 1.56 bits per heavy atom. The van der Waals surface area contributed by atoms with E-state index in [-0.39, 0.29) is 5.54 Å². The lowest BCUT2D eigenvalue weighted by molar-refractivity contribution is -0.138. The summed E-state index contributed by atoms with van der Waals surface area (Å²) in [5, 5.41) is 8.95. The molecule has 1 fully saturated rings. The number of rotatable bonds is 4. The molecule has 1 aromatic carbocycles. The third kappa shape index (κ3) is 2.42. The Morgan fingerprint density at radius 3 is 2.81 bits per heavy atom. The zero-order valence-corrected chi connectivity index (χ0v) is 9.44. The quantitative estimate of drug-likeness (QED) is 0.813. The van der Waals surface area contributed by atoms with Gasteiger partial charge >= 0.3 is 5.97 Å². The summed E-state index contributed by atoms with van der Waals surface area (Å²) in [6.45, 7) is 1.71. The first-order valence-corrected chi connectivity index (χ1v) is 5.61. The molecule has 1 aromatic rings. The average Bonchev–Trinajstić information content (AvgIpc) is 2.95. The molecule has 16 heavy (non-hydrogen) atoms. The van der Waals surface area contributed by atoms with E-state index in [1.807, 2.05) is 24.3 Å². The second kappa shape index (κ2) is 3.91. The van der Waals surface area contributed by atoms with E-state index in [1.165, 1.54) is 0 Å². The highest BCUT2D eigenvalue weighted by Gasteiger charge is 2.37. The molecule has 0 bridgehead atoms. The molecule has 0 heterocycles. The predicted octanol–water partition coefficient (Wildman–Crippen LogP) is 1.91. The van der Waals surface area contributed by atoms with Gasteiger partial charge in [0.05, 0.1) is 5.92 Å². The van der Waals surface area contributed by atoms with E-state index in [4.69, 9.17) is 10.8 Å². The van der Waals surface area contributed by atoms with E-state index in [9.17, 15) is 4.79 Å². The molecule has 0 aromatic heterocycles. The first-order valence-electron chi connectivity index (χ1n) is 5.61. The summed E-state index contributed by atoms with van der Waals surface area (Å²) in [4.78, 5) is 10.9. The molecule has 1 saturated carbocycles. The van der Waals surface area contributed by atoms with Gasteiger partial charge in [-0.2, -0.15) is 0 Å². The van der Waals surface area contributed by atoms with Gasteiger partial charge in [-0.25, -0.2) is 0 Å². The minimum absolute atomic E-state index is 0.0227. The van der Waals surface area contributed by atoms with E-state index < -0.39 is 11.9 Å². The molecule has 0 spiro atoms. The number of carboxylic acid groups (broad SMARTS) is 1. The van der Waals surface area contributed by atoms with Crippen molar-refractivity contribution in [1.29, 1.82) is 0 Å². The summed E-state index contributed by atoms with van der Waals surface area (Å²) >= 11 is 0. The maximum Gasteiger partial charge on any atom is 0.310 e. The van der Waals surface area contributed by atoms with Gasteiger partial charge in [-0.3, -0.25) is 4.79 Å². The first kappa shape index (κ1) is 11.1. The topological polar surface area (TPSA) is 63.3 Å². The number of carboxylic acids is 1. The minimum Gasteiger partial charge on any atom is -0.481 e. The van der Waals surface area contributed by atoms with Crippen molar-refractivity contribution in [2.45, 2.75) is 37.6 Å². The van der Waals surface area contributed by atoms with Crippen LogP contribution in [0, 0.1) is 0 Å². The Balaban J connectivity index is 2.15. The van der Waals surface area contributed by atoms with Crippen molar-refractivity contribution in [2.75, 3.05) is 0 Å². The van der Waals surface area contributed by atoms with Crippen LogP contribution in [0.2, 0.25) is 0 Å². The summed E-state index contributed by atoms with van der Waals surface area (Å²) in [6, 6.07) is 7.75. The zero-order valence-electron chi connectivity index (χ0n) is 9.44. The second-order valence-corrected chi connectivity index (χ2v) is 4.84. The van der Waals surface area contributed by atoms with Crippen LogP contribution in [-0.2, 0) is 11.2 Å². The van der Waals surface area contributed by atoms with Crippen LogP contribution in [0.4, 0.5) is 0 Å². The van der Waals surface area contributed by atoms with Crippen LogP contribution in [0.25, 0.3) is 0 Å². The summed E-state index contributed by atoms with van der Waals surface area (Å²) in [5.41, 5.74) is 8.03. The molecule has 3 N–H and O–H groups in total. The van der Waals surface area contributed by atoms with Crippen molar-refractivity contribution < 1.29 is 9.90 Å². The standard InChI is InChI=1S/C13H17NO2/c1-9(12(15)16)11-4-2-3-10(7-11)8-13(14)5-6-13/h2-4,7,9H,5-6,8,14H2,1H3,(H,15,16). The molecule has 3 nitrogen and oxygen atoms in total. The predicted molar refractivity (Wildman–Crippen MR) is 62.3 cm³/mol. The van der Waals surface area contributed by atoms with Crippen molar-refractivity contribution in [3.05, 3.63) is 35.4 Å². The highest BCUT2D eigenvalue weighted by Crippen LogP contribution is 2.35. The van der Waals surface area contributed by atoms with Crippen LogP contribution < -0.4 is 5.73 Å². The van der Waals surface area contributed by atoms with Gasteiger partial charge in [0.15, 0.2) is 0 Å². The first-order chi connectivity index (χ1) is 7.50. The molecule has 3 heteroatoms. The van der Waals surface area contributed by atoms with E-state index in [2.05, 4.69) is 0 Å². The Kier molecular flexibility index (Phi) is 2.72. The highest BCUT2D eigenvalue weighted by molar-refractivity contribution is 5.75. The van der Waals surface area contributed by atoms with Gasteiger partial charge in [0.1, 0.15) is 0 Å². The van der Waals surface area contributed by atoms with Gasteiger partial charge in [-0.1, -0.05) is 24.3 Å². The van der Waals surface area contributed by atoms with Gasteiger partial charge in [-0.05, 0) is 37.3 Å². The van der Waals surface area contributed by atoms with Gasteiger partial charge in [-0.15, -0.1) is 0 Å². The van der Waals surface area contributed by atoms with Gasteiger partial charge in [0.25, 0.3) is 0 Å². The van der Waals surface area contributed by atoms with E-state index in [1.54, 1.807) is 6.92 Å². The van der Waals surface area contributed by atoms with Gasteiger partial charge < -0.3 is 10.8 Å². The Bertz CT molecular complexity index is 410. The fourth-order valence-electron chi connectivity index (χ4n) is 1.86. The summed E-state index contributed by atoms with van der Waals surface area (Å²) in [5.74, 6) is -1.24. The lowest BCUT2D eigenvalue weighted by Gasteiger charge is -2.11. The zero-order chi connectivity index (χ0) is 11.8. The van der Waals surface area contributed by atoms with Crippen molar-refractivity contribution in [3.8, 4) is 0 Å². The molecular formula is C13H17NO2.